The third-order valence-corrected chi connectivity index (χ3v) is 5.16. The molecule has 0 radical (unpaired) electrons. The summed E-state index contributed by atoms with van der Waals surface area (Å²) in [6.07, 6.45) is 0. The van der Waals surface area contributed by atoms with E-state index in [9.17, 15) is 12.8 Å². The number of nitrogens with one attached hydrogen (secondary N) is 1. The summed E-state index contributed by atoms with van der Waals surface area (Å²) >= 11 is 17.4. The first-order valence-electron chi connectivity index (χ1n) is 5.68. The van der Waals surface area contributed by atoms with Crippen molar-refractivity contribution in [2.24, 2.45) is 0 Å². The summed E-state index contributed by atoms with van der Waals surface area (Å²) in [5.74, 6) is -0.490. The van der Waals surface area contributed by atoms with E-state index < -0.39 is 15.8 Å². The quantitative estimate of drug-likeness (QED) is 0.876. The van der Waals surface area contributed by atoms with Crippen LogP contribution in [0.5, 0.6) is 0 Å². The molecule has 0 fully saturated rings. The van der Waals surface area contributed by atoms with E-state index in [4.69, 9.17) is 34.8 Å². The topological polar surface area (TPSA) is 46.2 Å². The lowest BCUT2D eigenvalue weighted by atomic mass is 10.2. The molecular weight excluding hydrogens is 360 g/mol. The zero-order valence-electron chi connectivity index (χ0n) is 10.4. The number of benzene rings is 2. The Morgan fingerprint density at radius 2 is 1.67 bits per heavy atom. The molecule has 21 heavy (non-hydrogen) atoms. The minimum absolute atomic E-state index is 0.0184. The molecule has 0 spiro atoms. The lowest BCUT2D eigenvalue weighted by molar-refractivity contribution is 0.581. The second-order valence-corrected chi connectivity index (χ2v) is 7.12. The lowest BCUT2D eigenvalue weighted by Crippen LogP contribution is -2.23. The number of sulfonamides is 1. The van der Waals surface area contributed by atoms with Crippen molar-refractivity contribution in [1.29, 1.82) is 0 Å². The van der Waals surface area contributed by atoms with Gasteiger partial charge in [-0.15, -0.1) is 0 Å². The monoisotopic (exact) mass is 367 g/mol. The number of halogens is 4. The highest BCUT2D eigenvalue weighted by atomic mass is 35.5. The molecular formula is C13H9Cl3FNO2S. The van der Waals surface area contributed by atoms with Crippen molar-refractivity contribution < 1.29 is 12.8 Å². The predicted molar refractivity (Wildman–Crippen MR) is 81.9 cm³/mol. The van der Waals surface area contributed by atoms with Crippen molar-refractivity contribution in [3.63, 3.8) is 0 Å². The minimum Gasteiger partial charge on any atom is -0.207 e. The van der Waals surface area contributed by atoms with Crippen molar-refractivity contribution in [3.05, 3.63) is 62.8 Å². The first-order chi connectivity index (χ1) is 9.79. The summed E-state index contributed by atoms with van der Waals surface area (Å²) < 4.78 is 39.5. The van der Waals surface area contributed by atoms with Crippen molar-refractivity contribution in [2.45, 2.75) is 11.4 Å². The first kappa shape index (κ1) is 16.5. The van der Waals surface area contributed by atoms with Crippen LogP contribution >= 0.6 is 34.8 Å². The highest BCUT2D eigenvalue weighted by Gasteiger charge is 2.16. The van der Waals surface area contributed by atoms with Gasteiger partial charge in [-0.1, -0.05) is 40.9 Å². The van der Waals surface area contributed by atoms with Crippen LogP contribution in [0.15, 0.2) is 41.3 Å². The third-order valence-electron chi connectivity index (χ3n) is 2.67. The average molecular weight is 369 g/mol. The van der Waals surface area contributed by atoms with E-state index in [2.05, 4.69) is 4.72 Å². The molecule has 1 N–H and O–H groups in total. The molecule has 0 aromatic heterocycles. The molecule has 3 nitrogen and oxygen atoms in total. The first-order valence-corrected chi connectivity index (χ1v) is 8.30. The van der Waals surface area contributed by atoms with E-state index >= 15 is 0 Å². The Labute approximate surface area is 136 Å². The molecule has 0 saturated heterocycles. The largest absolute Gasteiger partial charge is 0.240 e. The Bertz CT molecular complexity index is 781. The van der Waals surface area contributed by atoms with Crippen LogP contribution < -0.4 is 4.72 Å². The van der Waals surface area contributed by atoms with Gasteiger partial charge in [-0.05, 0) is 35.9 Å². The zero-order chi connectivity index (χ0) is 15.6. The van der Waals surface area contributed by atoms with Crippen LogP contribution in [0, 0.1) is 5.82 Å². The van der Waals surface area contributed by atoms with Gasteiger partial charge in [0.15, 0.2) is 0 Å². The maximum absolute atomic E-state index is 12.9. The highest BCUT2D eigenvalue weighted by molar-refractivity contribution is 7.89. The van der Waals surface area contributed by atoms with E-state index in [-0.39, 0.29) is 26.5 Å². The van der Waals surface area contributed by atoms with E-state index in [1.165, 1.54) is 30.3 Å². The molecule has 0 unspecified atom stereocenters. The van der Waals surface area contributed by atoms with E-state index in [0.717, 1.165) is 6.07 Å². The molecule has 112 valence electrons. The molecule has 0 amide bonds. The minimum atomic E-state index is -3.77. The maximum Gasteiger partial charge on any atom is 0.240 e. The summed E-state index contributed by atoms with van der Waals surface area (Å²) in [6, 6.07) is 7.71. The summed E-state index contributed by atoms with van der Waals surface area (Å²) in [6.45, 7) is -0.0678. The zero-order valence-corrected chi connectivity index (χ0v) is 13.5. The average Bonchev–Trinajstić information content (AvgIpc) is 2.40. The van der Waals surface area contributed by atoms with Gasteiger partial charge in [0.05, 0.1) is 14.9 Å². The predicted octanol–water partition coefficient (Wildman–Crippen LogP) is 4.26. The highest BCUT2D eigenvalue weighted by Crippen LogP contribution is 2.25. The van der Waals surface area contributed by atoms with Crippen LogP contribution in [-0.2, 0) is 16.6 Å². The van der Waals surface area contributed by atoms with Gasteiger partial charge in [-0.3, -0.25) is 0 Å². The Hall–Kier alpha value is -0.850. The van der Waals surface area contributed by atoms with Crippen LogP contribution in [0.2, 0.25) is 15.1 Å². The summed E-state index contributed by atoms with van der Waals surface area (Å²) in [7, 11) is -3.77. The number of hydrogen-bond donors (Lipinski definition) is 1. The SMILES string of the molecule is O=S(=O)(NCc1ccc(F)cc1Cl)c1ccc(Cl)c(Cl)c1. The van der Waals surface area contributed by atoms with Crippen LogP contribution in [0.1, 0.15) is 5.56 Å². The van der Waals surface area contributed by atoms with E-state index in [1.54, 1.807) is 0 Å². The van der Waals surface area contributed by atoms with Crippen LogP contribution in [-0.4, -0.2) is 8.42 Å². The van der Waals surface area contributed by atoms with Crippen molar-refractivity contribution in [1.82, 2.24) is 4.72 Å². The summed E-state index contributed by atoms with van der Waals surface area (Å²) in [5, 5.41) is 0.545. The normalized spacial score (nSPS) is 11.6. The van der Waals surface area contributed by atoms with Gasteiger partial charge in [-0.25, -0.2) is 17.5 Å². The Balaban J connectivity index is 2.19. The van der Waals surface area contributed by atoms with Crippen LogP contribution in [0.4, 0.5) is 4.39 Å². The second kappa shape index (κ2) is 6.50. The van der Waals surface area contributed by atoms with Gasteiger partial charge in [0.2, 0.25) is 10.0 Å². The van der Waals surface area contributed by atoms with Crippen molar-refractivity contribution >= 4 is 44.8 Å². The van der Waals surface area contributed by atoms with E-state index in [0.29, 0.717) is 5.56 Å². The fraction of sp³-hybridized carbons (Fsp3) is 0.0769. The molecule has 2 aromatic rings. The molecule has 0 aliphatic rings. The number of rotatable bonds is 4. The van der Waals surface area contributed by atoms with Crippen molar-refractivity contribution in [2.75, 3.05) is 0 Å². The third kappa shape index (κ3) is 4.08. The second-order valence-electron chi connectivity index (χ2n) is 4.14. The van der Waals surface area contributed by atoms with E-state index in [1.807, 2.05) is 0 Å². The maximum atomic E-state index is 12.9. The Morgan fingerprint density at radius 1 is 0.952 bits per heavy atom. The van der Waals surface area contributed by atoms with Gasteiger partial charge in [0, 0.05) is 11.6 Å². The summed E-state index contributed by atoms with van der Waals surface area (Å²) in [4.78, 5) is -0.0184. The molecule has 2 aromatic carbocycles. The standard InChI is InChI=1S/C13H9Cl3FNO2S/c14-11-4-3-10(6-13(11)16)21(19,20)18-7-8-1-2-9(17)5-12(8)15/h1-6,18H,7H2. The molecule has 8 heteroatoms. The van der Waals surface area contributed by atoms with Gasteiger partial charge in [0.25, 0.3) is 0 Å². The fourth-order valence-corrected chi connectivity index (χ4v) is 3.19. The molecule has 0 saturated carbocycles. The van der Waals surface area contributed by atoms with Gasteiger partial charge in [-0.2, -0.15) is 0 Å². The van der Waals surface area contributed by atoms with Gasteiger partial charge < -0.3 is 0 Å². The number of hydrogen-bond acceptors (Lipinski definition) is 2. The molecule has 0 aliphatic carbocycles. The van der Waals surface area contributed by atoms with Gasteiger partial charge >= 0.3 is 0 Å². The Kier molecular flexibility index (Phi) is 5.11. The fourth-order valence-electron chi connectivity index (χ4n) is 1.57. The Morgan fingerprint density at radius 3 is 2.29 bits per heavy atom. The molecule has 0 atom stereocenters. The van der Waals surface area contributed by atoms with Crippen LogP contribution in [0.3, 0.4) is 0 Å². The molecule has 0 heterocycles. The molecule has 2 rings (SSSR count). The lowest BCUT2D eigenvalue weighted by Gasteiger charge is -2.09. The van der Waals surface area contributed by atoms with Crippen molar-refractivity contribution in [3.8, 4) is 0 Å². The smallest absolute Gasteiger partial charge is 0.207 e. The molecule has 0 aliphatic heterocycles. The molecule has 0 bridgehead atoms. The van der Waals surface area contributed by atoms with Gasteiger partial charge in [0.1, 0.15) is 5.82 Å². The summed E-state index contributed by atoms with van der Waals surface area (Å²) in [5.41, 5.74) is 0.460. The van der Waals surface area contributed by atoms with Crippen LogP contribution in [0.25, 0.3) is 0 Å².